The summed E-state index contributed by atoms with van der Waals surface area (Å²) in [7, 11) is 2.19. The summed E-state index contributed by atoms with van der Waals surface area (Å²) in [5, 5.41) is 2.16. The summed E-state index contributed by atoms with van der Waals surface area (Å²) in [6.07, 6.45) is 7.13. The normalized spacial score (nSPS) is 16.1. The van der Waals surface area contributed by atoms with Gasteiger partial charge in [-0.2, -0.15) is 0 Å². The zero-order chi connectivity index (χ0) is 15.8. The van der Waals surface area contributed by atoms with Gasteiger partial charge in [-0.15, -0.1) is 11.3 Å². The van der Waals surface area contributed by atoms with Crippen LogP contribution >= 0.6 is 11.3 Å². The Morgan fingerprint density at radius 1 is 1.30 bits per heavy atom. The van der Waals surface area contributed by atoms with E-state index in [1.165, 1.54) is 46.5 Å². The number of rotatable bonds is 4. The number of anilines is 1. The third kappa shape index (κ3) is 2.57. The zero-order valence-corrected chi connectivity index (χ0v) is 14.7. The molecule has 0 atom stereocenters. The van der Waals surface area contributed by atoms with Crippen molar-refractivity contribution in [2.45, 2.75) is 32.6 Å². The van der Waals surface area contributed by atoms with Crippen molar-refractivity contribution in [3.8, 4) is 5.75 Å². The van der Waals surface area contributed by atoms with Gasteiger partial charge in [0, 0.05) is 24.0 Å². The van der Waals surface area contributed by atoms with Crippen LogP contribution in [-0.4, -0.2) is 20.2 Å². The second kappa shape index (κ2) is 6.04. The number of hydrogen-bond donors (Lipinski definition) is 0. The molecule has 1 aliphatic heterocycles. The summed E-state index contributed by atoms with van der Waals surface area (Å²) in [6.45, 7) is 3.91. The largest absolute Gasteiger partial charge is 0.491 e. The van der Waals surface area contributed by atoms with Gasteiger partial charge in [0.15, 0.2) is 0 Å². The van der Waals surface area contributed by atoms with Gasteiger partial charge in [-0.25, -0.2) is 0 Å². The fourth-order valence-corrected chi connectivity index (χ4v) is 4.51. The molecular formula is C20H23NOS. The van der Waals surface area contributed by atoms with Crippen LogP contribution in [0.1, 0.15) is 41.3 Å². The van der Waals surface area contributed by atoms with Crippen LogP contribution in [0, 0.1) is 0 Å². The van der Waals surface area contributed by atoms with E-state index in [2.05, 4.69) is 48.5 Å². The number of thiophene rings is 1. The number of fused-ring (bicyclic) bond motifs is 3. The van der Waals surface area contributed by atoms with E-state index in [1.54, 1.807) is 5.56 Å². The molecule has 23 heavy (non-hydrogen) atoms. The smallest absolute Gasteiger partial charge is 0.143 e. The molecule has 0 bridgehead atoms. The molecule has 2 aliphatic rings. The number of nitrogens with zero attached hydrogens (tertiary/aromatic N) is 1. The van der Waals surface area contributed by atoms with Crippen LogP contribution in [0.3, 0.4) is 0 Å². The first kappa shape index (κ1) is 14.8. The summed E-state index contributed by atoms with van der Waals surface area (Å²) in [5.41, 5.74) is 7.16. The Balaban J connectivity index is 1.86. The number of likely N-dealkylation sites (N-methyl/N-ethyl adjacent to an activating group) is 1. The first-order valence-corrected chi connectivity index (χ1v) is 9.43. The average Bonchev–Trinajstić information content (AvgIpc) is 3.23. The third-order valence-corrected chi connectivity index (χ3v) is 5.73. The number of hydrogen-bond acceptors (Lipinski definition) is 3. The quantitative estimate of drug-likeness (QED) is 0.783. The molecule has 1 aromatic carbocycles. The highest BCUT2D eigenvalue weighted by Crippen LogP contribution is 2.45. The van der Waals surface area contributed by atoms with E-state index in [1.807, 2.05) is 11.3 Å². The minimum atomic E-state index is 0.792. The fourth-order valence-electron chi connectivity index (χ4n) is 3.77. The van der Waals surface area contributed by atoms with Gasteiger partial charge in [-0.1, -0.05) is 13.0 Å². The second-order valence-electron chi connectivity index (χ2n) is 6.48. The van der Waals surface area contributed by atoms with E-state index in [9.17, 15) is 0 Å². The number of aryl methyl sites for hydroxylation is 1. The molecule has 120 valence electrons. The molecule has 1 aromatic heterocycles. The molecule has 4 rings (SSSR count). The minimum Gasteiger partial charge on any atom is -0.491 e. The highest BCUT2D eigenvalue weighted by Gasteiger charge is 2.27. The van der Waals surface area contributed by atoms with Crippen molar-refractivity contribution in [2.75, 3.05) is 25.1 Å². The van der Waals surface area contributed by atoms with Gasteiger partial charge in [-0.05, 0) is 66.0 Å². The van der Waals surface area contributed by atoms with Gasteiger partial charge in [0.2, 0.25) is 0 Å². The highest BCUT2D eigenvalue weighted by molar-refractivity contribution is 7.11. The first-order chi connectivity index (χ1) is 11.3. The minimum absolute atomic E-state index is 0.792. The van der Waals surface area contributed by atoms with Crippen molar-refractivity contribution < 1.29 is 4.74 Å². The molecule has 0 fully saturated rings. The van der Waals surface area contributed by atoms with Gasteiger partial charge in [-0.3, -0.25) is 0 Å². The topological polar surface area (TPSA) is 12.5 Å². The predicted octanol–water partition coefficient (Wildman–Crippen LogP) is 5.02. The lowest BCUT2D eigenvalue weighted by atomic mass is 9.94. The molecule has 3 heteroatoms. The molecule has 2 aromatic rings. The second-order valence-corrected chi connectivity index (χ2v) is 7.43. The summed E-state index contributed by atoms with van der Waals surface area (Å²) >= 11 is 1.83. The SMILES string of the molecule is CCCOc1cc2c(c3c1N(C)CC(c1cccs1)=C3)CCC2. The van der Waals surface area contributed by atoms with Crippen molar-refractivity contribution in [1.82, 2.24) is 0 Å². The van der Waals surface area contributed by atoms with E-state index >= 15 is 0 Å². The van der Waals surface area contributed by atoms with E-state index < -0.39 is 0 Å². The van der Waals surface area contributed by atoms with Crippen LogP contribution in [0.5, 0.6) is 5.75 Å². The maximum absolute atomic E-state index is 6.11. The van der Waals surface area contributed by atoms with Crippen LogP contribution in [-0.2, 0) is 12.8 Å². The van der Waals surface area contributed by atoms with Crippen LogP contribution in [0.25, 0.3) is 11.6 Å². The lowest BCUT2D eigenvalue weighted by Gasteiger charge is -2.31. The summed E-state index contributed by atoms with van der Waals surface area (Å²) in [5.74, 6) is 1.08. The zero-order valence-electron chi connectivity index (χ0n) is 13.9. The lowest BCUT2D eigenvalue weighted by Crippen LogP contribution is -2.25. The van der Waals surface area contributed by atoms with Crippen LogP contribution in [0.15, 0.2) is 23.6 Å². The highest BCUT2D eigenvalue weighted by atomic mass is 32.1. The van der Waals surface area contributed by atoms with Crippen molar-refractivity contribution in [3.63, 3.8) is 0 Å². The van der Waals surface area contributed by atoms with Crippen molar-refractivity contribution in [1.29, 1.82) is 0 Å². The predicted molar refractivity (Wildman–Crippen MR) is 99.7 cm³/mol. The van der Waals surface area contributed by atoms with Gasteiger partial charge >= 0.3 is 0 Å². The first-order valence-electron chi connectivity index (χ1n) is 8.55. The molecular weight excluding hydrogens is 302 g/mol. The Kier molecular flexibility index (Phi) is 3.90. The Morgan fingerprint density at radius 3 is 3.00 bits per heavy atom. The Bertz CT molecular complexity index is 745. The van der Waals surface area contributed by atoms with E-state index in [0.717, 1.165) is 25.3 Å². The summed E-state index contributed by atoms with van der Waals surface area (Å²) < 4.78 is 6.11. The molecule has 0 saturated heterocycles. The van der Waals surface area contributed by atoms with Crippen LogP contribution in [0.2, 0.25) is 0 Å². The fraction of sp³-hybridized carbons (Fsp3) is 0.400. The molecule has 2 heterocycles. The molecule has 0 radical (unpaired) electrons. The lowest BCUT2D eigenvalue weighted by molar-refractivity contribution is 0.317. The van der Waals surface area contributed by atoms with Crippen LogP contribution in [0.4, 0.5) is 5.69 Å². The van der Waals surface area contributed by atoms with E-state index in [0.29, 0.717) is 0 Å². The van der Waals surface area contributed by atoms with E-state index in [4.69, 9.17) is 4.74 Å². The van der Waals surface area contributed by atoms with Crippen molar-refractivity contribution in [2.24, 2.45) is 0 Å². The molecule has 0 saturated carbocycles. The Hall–Kier alpha value is -1.74. The van der Waals surface area contributed by atoms with Gasteiger partial charge in [0.05, 0.1) is 12.3 Å². The third-order valence-electron chi connectivity index (χ3n) is 4.79. The maximum atomic E-state index is 6.11. The molecule has 1 aliphatic carbocycles. The number of benzene rings is 1. The Morgan fingerprint density at radius 2 is 2.22 bits per heavy atom. The van der Waals surface area contributed by atoms with Crippen molar-refractivity contribution >= 4 is 28.7 Å². The maximum Gasteiger partial charge on any atom is 0.143 e. The standard InChI is InChI=1S/C20H23NOS/c1-3-9-22-18-12-14-6-4-7-16(14)17-11-15(13-21(2)20(17)18)19-8-5-10-23-19/h5,8,10-12H,3-4,6-7,9,13H2,1-2H3. The summed E-state index contributed by atoms with van der Waals surface area (Å²) in [6, 6.07) is 6.67. The molecule has 0 N–H and O–H groups in total. The molecule has 0 spiro atoms. The van der Waals surface area contributed by atoms with Gasteiger partial charge in [0.1, 0.15) is 5.75 Å². The molecule has 0 amide bonds. The average molecular weight is 325 g/mol. The van der Waals surface area contributed by atoms with Crippen molar-refractivity contribution in [3.05, 3.63) is 45.1 Å². The Labute approximate surface area is 142 Å². The van der Waals surface area contributed by atoms with Gasteiger partial charge < -0.3 is 9.64 Å². The molecule has 2 nitrogen and oxygen atoms in total. The van der Waals surface area contributed by atoms with Gasteiger partial charge in [0.25, 0.3) is 0 Å². The summed E-state index contributed by atoms with van der Waals surface area (Å²) in [4.78, 5) is 3.75. The van der Waals surface area contributed by atoms with E-state index in [-0.39, 0.29) is 0 Å². The number of ether oxygens (including phenoxy) is 1. The molecule has 0 unspecified atom stereocenters. The van der Waals surface area contributed by atoms with Crippen LogP contribution < -0.4 is 9.64 Å². The monoisotopic (exact) mass is 325 g/mol.